The molecule has 68 valence electrons. The average molecular weight is 166 g/mol. The third-order valence-corrected chi connectivity index (χ3v) is 2.98. The number of piperidine rings is 1. The molecular weight excluding hydrogens is 148 g/mol. The topological polar surface area (TPSA) is 27.0 Å². The van der Waals surface area contributed by atoms with Crippen molar-refractivity contribution in [2.45, 2.75) is 45.1 Å². The smallest absolute Gasteiger partial charge is 0.106 e. The van der Waals surface area contributed by atoms with Crippen LogP contribution in [0.1, 0.15) is 39.5 Å². The maximum Gasteiger partial charge on any atom is 0.106 e. The fourth-order valence-corrected chi connectivity index (χ4v) is 1.76. The molecule has 1 saturated heterocycles. The maximum absolute atomic E-state index is 9.05. The van der Waals surface area contributed by atoms with Crippen molar-refractivity contribution in [1.29, 1.82) is 5.26 Å². The number of rotatable bonds is 2. The molecule has 0 amide bonds. The van der Waals surface area contributed by atoms with Gasteiger partial charge >= 0.3 is 0 Å². The van der Waals surface area contributed by atoms with Crippen LogP contribution in [0.2, 0.25) is 0 Å². The van der Waals surface area contributed by atoms with Crippen molar-refractivity contribution < 1.29 is 0 Å². The van der Waals surface area contributed by atoms with Crippen molar-refractivity contribution >= 4 is 0 Å². The Morgan fingerprint density at radius 3 is 2.33 bits per heavy atom. The highest BCUT2D eigenvalue weighted by Crippen LogP contribution is 2.22. The van der Waals surface area contributed by atoms with E-state index in [1.807, 2.05) is 0 Å². The van der Waals surface area contributed by atoms with Crippen molar-refractivity contribution in [2.24, 2.45) is 0 Å². The first-order valence-corrected chi connectivity index (χ1v) is 4.89. The zero-order chi connectivity index (χ0) is 9.03. The summed E-state index contributed by atoms with van der Waals surface area (Å²) < 4.78 is 0. The van der Waals surface area contributed by atoms with E-state index in [-0.39, 0.29) is 5.54 Å². The number of likely N-dealkylation sites (tertiary alicyclic amines) is 1. The van der Waals surface area contributed by atoms with Crippen LogP contribution < -0.4 is 0 Å². The van der Waals surface area contributed by atoms with E-state index in [1.54, 1.807) is 0 Å². The van der Waals surface area contributed by atoms with Crippen molar-refractivity contribution in [3.63, 3.8) is 0 Å². The molecule has 0 radical (unpaired) electrons. The van der Waals surface area contributed by atoms with E-state index in [9.17, 15) is 0 Å². The molecule has 0 spiro atoms. The molecule has 0 bridgehead atoms. The highest BCUT2D eigenvalue weighted by molar-refractivity contribution is 5.04. The Hall–Kier alpha value is -0.550. The number of nitrogens with zero attached hydrogens (tertiary/aromatic N) is 2. The normalized spacial score (nSPS) is 24.4. The average Bonchev–Trinajstić information content (AvgIpc) is 2.18. The van der Waals surface area contributed by atoms with E-state index >= 15 is 0 Å². The standard InChI is InChI=1S/C10H18N2/c1-3-10(2,9-11)12-7-5-4-6-8-12/h3-8H2,1-2H3/t10-/m0/s1. The van der Waals surface area contributed by atoms with Gasteiger partial charge in [-0.1, -0.05) is 13.3 Å². The summed E-state index contributed by atoms with van der Waals surface area (Å²) in [6.45, 7) is 6.37. The van der Waals surface area contributed by atoms with Gasteiger partial charge in [-0.2, -0.15) is 5.26 Å². The van der Waals surface area contributed by atoms with Gasteiger partial charge in [0.25, 0.3) is 0 Å². The van der Waals surface area contributed by atoms with Gasteiger partial charge in [0.05, 0.1) is 6.07 Å². The molecular formula is C10H18N2. The minimum atomic E-state index is -0.208. The fourth-order valence-electron chi connectivity index (χ4n) is 1.76. The Morgan fingerprint density at radius 2 is 1.92 bits per heavy atom. The van der Waals surface area contributed by atoms with Crippen LogP contribution in [0.5, 0.6) is 0 Å². The largest absolute Gasteiger partial charge is 0.286 e. The van der Waals surface area contributed by atoms with Gasteiger partial charge in [0.1, 0.15) is 5.54 Å². The Balaban J connectivity index is 2.59. The van der Waals surface area contributed by atoms with Crippen LogP contribution in [0, 0.1) is 11.3 Å². The fraction of sp³-hybridized carbons (Fsp3) is 0.900. The van der Waals surface area contributed by atoms with E-state index in [0.29, 0.717) is 0 Å². The molecule has 12 heavy (non-hydrogen) atoms. The first-order valence-electron chi connectivity index (χ1n) is 4.89. The lowest BCUT2D eigenvalue weighted by Crippen LogP contribution is -2.47. The third-order valence-electron chi connectivity index (χ3n) is 2.98. The van der Waals surface area contributed by atoms with E-state index in [1.165, 1.54) is 19.3 Å². The Kier molecular flexibility index (Phi) is 3.11. The molecule has 0 saturated carbocycles. The van der Waals surface area contributed by atoms with Gasteiger partial charge in [-0.3, -0.25) is 4.90 Å². The van der Waals surface area contributed by atoms with E-state index in [4.69, 9.17) is 5.26 Å². The Bertz CT molecular complexity index is 177. The van der Waals surface area contributed by atoms with Gasteiger partial charge in [-0.05, 0) is 39.3 Å². The van der Waals surface area contributed by atoms with Gasteiger partial charge in [-0.25, -0.2) is 0 Å². The van der Waals surface area contributed by atoms with Crippen molar-refractivity contribution in [3.05, 3.63) is 0 Å². The summed E-state index contributed by atoms with van der Waals surface area (Å²) in [6, 6.07) is 2.42. The zero-order valence-electron chi connectivity index (χ0n) is 8.14. The molecule has 1 atom stereocenters. The van der Waals surface area contributed by atoms with Crippen LogP contribution in [0.25, 0.3) is 0 Å². The van der Waals surface area contributed by atoms with Gasteiger partial charge in [0.2, 0.25) is 0 Å². The quantitative estimate of drug-likeness (QED) is 0.628. The summed E-state index contributed by atoms with van der Waals surface area (Å²) in [6.07, 6.45) is 4.79. The first-order chi connectivity index (χ1) is 5.73. The second-order valence-electron chi connectivity index (χ2n) is 3.79. The molecule has 0 N–H and O–H groups in total. The molecule has 1 aliphatic heterocycles. The van der Waals surface area contributed by atoms with Crippen LogP contribution >= 0.6 is 0 Å². The third kappa shape index (κ3) is 1.78. The van der Waals surface area contributed by atoms with Crippen molar-refractivity contribution in [3.8, 4) is 6.07 Å². The highest BCUT2D eigenvalue weighted by atomic mass is 15.2. The summed E-state index contributed by atoms with van der Waals surface area (Å²) in [4.78, 5) is 2.33. The van der Waals surface area contributed by atoms with Crippen LogP contribution in [0.3, 0.4) is 0 Å². The van der Waals surface area contributed by atoms with Crippen molar-refractivity contribution in [1.82, 2.24) is 4.90 Å². The summed E-state index contributed by atoms with van der Waals surface area (Å²) >= 11 is 0. The summed E-state index contributed by atoms with van der Waals surface area (Å²) in [7, 11) is 0. The lowest BCUT2D eigenvalue weighted by atomic mass is 9.95. The van der Waals surface area contributed by atoms with Crippen LogP contribution in [-0.4, -0.2) is 23.5 Å². The van der Waals surface area contributed by atoms with E-state index in [2.05, 4.69) is 24.8 Å². The molecule has 0 unspecified atom stereocenters. The molecule has 1 heterocycles. The molecule has 0 aliphatic carbocycles. The van der Waals surface area contributed by atoms with Gasteiger partial charge in [-0.15, -0.1) is 0 Å². The lowest BCUT2D eigenvalue weighted by Gasteiger charge is -2.37. The van der Waals surface area contributed by atoms with Crippen molar-refractivity contribution in [2.75, 3.05) is 13.1 Å². The van der Waals surface area contributed by atoms with E-state index in [0.717, 1.165) is 19.5 Å². The molecule has 0 aromatic rings. The van der Waals surface area contributed by atoms with Crippen LogP contribution in [0.15, 0.2) is 0 Å². The Morgan fingerprint density at radius 1 is 1.33 bits per heavy atom. The molecule has 1 aliphatic rings. The minimum Gasteiger partial charge on any atom is -0.286 e. The maximum atomic E-state index is 9.05. The molecule has 0 aromatic heterocycles. The summed E-state index contributed by atoms with van der Waals surface area (Å²) in [5.74, 6) is 0. The molecule has 2 nitrogen and oxygen atoms in total. The van der Waals surface area contributed by atoms with Gasteiger partial charge in [0, 0.05) is 0 Å². The van der Waals surface area contributed by atoms with Crippen LogP contribution in [0.4, 0.5) is 0 Å². The summed E-state index contributed by atoms with van der Waals surface area (Å²) in [5, 5.41) is 9.05. The number of hydrogen-bond acceptors (Lipinski definition) is 2. The summed E-state index contributed by atoms with van der Waals surface area (Å²) in [5.41, 5.74) is -0.208. The molecule has 1 fully saturated rings. The molecule has 0 aromatic carbocycles. The lowest BCUT2D eigenvalue weighted by molar-refractivity contribution is 0.120. The van der Waals surface area contributed by atoms with Gasteiger partial charge in [0.15, 0.2) is 0 Å². The first kappa shape index (κ1) is 9.54. The number of hydrogen-bond donors (Lipinski definition) is 0. The minimum absolute atomic E-state index is 0.208. The Labute approximate surface area is 75.2 Å². The predicted molar refractivity (Wildman–Crippen MR) is 49.7 cm³/mol. The second-order valence-corrected chi connectivity index (χ2v) is 3.79. The predicted octanol–water partition coefficient (Wildman–Crippen LogP) is 2.16. The SMILES string of the molecule is CC[C@@](C)(C#N)N1CCCCC1. The second kappa shape index (κ2) is 3.91. The van der Waals surface area contributed by atoms with E-state index < -0.39 is 0 Å². The van der Waals surface area contributed by atoms with Crippen LogP contribution in [-0.2, 0) is 0 Å². The zero-order valence-corrected chi connectivity index (χ0v) is 8.14. The van der Waals surface area contributed by atoms with Gasteiger partial charge < -0.3 is 0 Å². The molecule has 1 rings (SSSR count). The monoisotopic (exact) mass is 166 g/mol. The molecule has 2 heteroatoms. The number of nitriles is 1. The highest BCUT2D eigenvalue weighted by Gasteiger charge is 2.30.